The molecule has 0 spiro atoms. The zero-order valence-corrected chi connectivity index (χ0v) is 22.9. The van der Waals surface area contributed by atoms with Gasteiger partial charge in [0.25, 0.3) is 0 Å². The summed E-state index contributed by atoms with van der Waals surface area (Å²) in [4.78, 5) is 0. The molecule has 184 valence electrons. The monoisotopic (exact) mass is 506 g/mol. The van der Waals surface area contributed by atoms with Gasteiger partial charge in [-0.3, -0.25) is 0 Å². The summed E-state index contributed by atoms with van der Waals surface area (Å²) < 4.78 is 2.76. The molecule has 0 saturated heterocycles. The molecule has 0 N–H and O–H groups in total. The Labute approximate surface area is 228 Å². The lowest BCUT2D eigenvalue weighted by Crippen LogP contribution is -1.87. The van der Waals surface area contributed by atoms with Gasteiger partial charge in [0.15, 0.2) is 0 Å². The molecule has 1 heterocycles. The molecule has 0 atom stereocenters. The van der Waals surface area contributed by atoms with Crippen LogP contribution in [0.4, 0.5) is 0 Å². The second kappa shape index (κ2) is 9.11. The van der Waals surface area contributed by atoms with Crippen LogP contribution < -0.4 is 0 Å². The number of thiophene rings is 1. The van der Waals surface area contributed by atoms with Crippen LogP contribution in [0.15, 0.2) is 109 Å². The number of hydrogen-bond donors (Lipinski definition) is 0. The second-order valence-electron chi connectivity index (χ2n) is 10.7. The van der Waals surface area contributed by atoms with Crippen LogP contribution in [0.2, 0.25) is 0 Å². The molecule has 0 saturated carbocycles. The Morgan fingerprint density at radius 2 is 1.26 bits per heavy atom. The average molecular weight is 507 g/mol. The van der Waals surface area contributed by atoms with Crippen LogP contribution in [0.25, 0.3) is 64.0 Å². The number of hydrogen-bond acceptors (Lipinski definition) is 1. The van der Waals surface area contributed by atoms with Crippen molar-refractivity contribution < 1.29 is 0 Å². The predicted molar refractivity (Wildman–Crippen MR) is 169 cm³/mol. The number of rotatable bonds is 4. The largest absolute Gasteiger partial charge is 0.135 e. The van der Waals surface area contributed by atoms with E-state index in [4.69, 9.17) is 0 Å². The van der Waals surface area contributed by atoms with Gasteiger partial charge in [0.2, 0.25) is 0 Å². The minimum absolute atomic E-state index is 0.530. The van der Waals surface area contributed by atoms with Crippen LogP contribution in [-0.2, 0) is 6.42 Å². The quantitative estimate of drug-likeness (QED) is 0.208. The van der Waals surface area contributed by atoms with Gasteiger partial charge in [0.1, 0.15) is 0 Å². The molecule has 0 unspecified atom stereocenters. The van der Waals surface area contributed by atoms with E-state index >= 15 is 0 Å². The SMILES string of the molecule is CCc1cc(-c2ccc(-c3cc4ccccc4c4ccccc34)cc2)c2sc3ccc(C(C)C)cc3c2c1. The van der Waals surface area contributed by atoms with Gasteiger partial charge in [0, 0.05) is 20.2 Å². The van der Waals surface area contributed by atoms with Crippen molar-refractivity contribution in [3.8, 4) is 22.3 Å². The fourth-order valence-electron chi connectivity index (χ4n) is 5.86. The maximum atomic E-state index is 2.41. The minimum atomic E-state index is 0.530. The van der Waals surface area contributed by atoms with Crippen molar-refractivity contribution in [2.24, 2.45) is 0 Å². The number of fused-ring (bicyclic) bond motifs is 6. The van der Waals surface area contributed by atoms with Gasteiger partial charge < -0.3 is 0 Å². The third kappa shape index (κ3) is 3.73. The molecule has 0 aliphatic heterocycles. The molecule has 0 radical (unpaired) electrons. The van der Waals surface area contributed by atoms with Gasteiger partial charge in [-0.1, -0.05) is 99.6 Å². The first-order valence-corrected chi connectivity index (χ1v) is 14.4. The van der Waals surface area contributed by atoms with Crippen molar-refractivity contribution in [2.75, 3.05) is 0 Å². The second-order valence-corrected chi connectivity index (χ2v) is 11.7. The predicted octanol–water partition coefficient (Wildman–Crippen LogP) is 11.4. The van der Waals surface area contributed by atoms with Crippen LogP contribution >= 0.6 is 11.3 Å². The van der Waals surface area contributed by atoms with Crippen LogP contribution in [0, 0.1) is 0 Å². The van der Waals surface area contributed by atoms with E-state index in [1.807, 2.05) is 11.3 Å². The van der Waals surface area contributed by atoms with Crippen molar-refractivity contribution in [1.82, 2.24) is 0 Å². The Morgan fingerprint density at radius 3 is 2.00 bits per heavy atom. The molecule has 6 aromatic carbocycles. The summed E-state index contributed by atoms with van der Waals surface area (Å²) in [6.45, 7) is 6.81. The lowest BCUT2D eigenvalue weighted by molar-refractivity contribution is 0.869. The van der Waals surface area contributed by atoms with Gasteiger partial charge >= 0.3 is 0 Å². The average Bonchev–Trinajstić information content (AvgIpc) is 3.34. The summed E-state index contributed by atoms with van der Waals surface area (Å²) in [7, 11) is 0. The molecule has 38 heavy (non-hydrogen) atoms. The first-order valence-electron chi connectivity index (χ1n) is 13.6. The maximum Gasteiger partial charge on any atom is 0.0434 e. The summed E-state index contributed by atoms with van der Waals surface area (Å²) in [6.07, 6.45) is 1.03. The van der Waals surface area contributed by atoms with E-state index in [0.717, 1.165) is 6.42 Å². The van der Waals surface area contributed by atoms with E-state index in [-0.39, 0.29) is 0 Å². The summed E-state index contributed by atoms with van der Waals surface area (Å²) in [6, 6.07) is 40.9. The van der Waals surface area contributed by atoms with E-state index < -0.39 is 0 Å². The van der Waals surface area contributed by atoms with Crippen LogP contribution in [-0.4, -0.2) is 0 Å². The molecular weight excluding hydrogens is 476 g/mol. The number of benzene rings is 6. The molecule has 1 aromatic heterocycles. The molecule has 0 fully saturated rings. The summed E-state index contributed by atoms with van der Waals surface area (Å²) >= 11 is 1.93. The fraction of sp³-hybridized carbons (Fsp3) is 0.135. The van der Waals surface area contributed by atoms with E-state index in [1.54, 1.807) is 0 Å². The van der Waals surface area contributed by atoms with E-state index in [2.05, 4.69) is 130 Å². The fourth-order valence-corrected chi connectivity index (χ4v) is 7.06. The first kappa shape index (κ1) is 23.2. The highest BCUT2D eigenvalue weighted by Crippen LogP contribution is 2.43. The van der Waals surface area contributed by atoms with Gasteiger partial charge in [0.05, 0.1) is 0 Å². The standard InChI is InChI=1S/C37H30S/c1-4-24-19-33(37-35(20-24)34-21-27(23(2)3)17-18-36(34)38-37)26-15-13-25(14-16-26)32-22-28-9-5-6-10-29(28)30-11-7-8-12-31(30)32/h5-23H,4H2,1-3H3. The van der Waals surface area contributed by atoms with E-state index in [1.165, 1.54) is 75.1 Å². The topological polar surface area (TPSA) is 0 Å². The van der Waals surface area contributed by atoms with Gasteiger partial charge in [-0.25, -0.2) is 0 Å². The Balaban J connectivity index is 1.40. The molecular formula is C37H30S. The normalized spacial score (nSPS) is 11.9. The van der Waals surface area contributed by atoms with Crippen molar-refractivity contribution in [3.05, 3.63) is 120 Å². The molecule has 0 aliphatic rings. The molecule has 7 rings (SSSR count). The van der Waals surface area contributed by atoms with E-state index in [0.29, 0.717) is 5.92 Å². The molecule has 7 aromatic rings. The zero-order valence-electron chi connectivity index (χ0n) is 22.1. The molecule has 0 nitrogen and oxygen atoms in total. The van der Waals surface area contributed by atoms with Crippen LogP contribution in [0.3, 0.4) is 0 Å². The van der Waals surface area contributed by atoms with Crippen LogP contribution in [0.1, 0.15) is 37.8 Å². The summed E-state index contributed by atoms with van der Waals surface area (Å²) in [5.74, 6) is 0.530. The van der Waals surface area contributed by atoms with Gasteiger partial charge in [-0.05, 0) is 97.6 Å². The molecule has 0 amide bonds. The van der Waals surface area contributed by atoms with Crippen molar-refractivity contribution in [3.63, 3.8) is 0 Å². The Bertz CT molecular complexity index is 1970. The highest BCUT2D eigenvalue weighted by Gasteiger charge is 2.14. The van der Waals surface area contributed by atoms with Crippen LogP contribution in [0.5, 0.6) is 0 Å². The molecule has 0 aliphatic carbocycles. The van der Waals surface area contributed by atoms with Gasteiger partial charge in [-0.2, -0.15) is 0 Å². The lowest BCUT2D eigenvalue weighted by Gasteiger charge is -2.12. The third-order valence-electron chi connectivity index (χ3n) is 8.00. The lowest BCUT2D eigenvalue weighted by atomic mass is 9.92. The van der Waals surface area contributed by atoms with E-state index in [9.17, 15) is 0 Å². The Hall–Kier alpha value is -3.94. The number of aryl methyl sites for hydroxylation is 1. The zero-order chi connectivity index (χ0) is 25.8. The minimum Gasteiger partial charge on any atom is -0.135 e. The van der Waals surface area contributed by atoms with Crippen molar-refractivity contribution >= 4 is 53.1 Å². The smallest absolute Gasteiger partial charge is 0.0434 e. The highest BCUT2D eigenvalue weighted by molar-refractivity contribution is 7.26. The highest BCUT2D eigenvalue weighted by atomic mass is 32.1. The molecule has 1 heteroatoms. The molecule has 0 bridgehead atoms. The van der Waals surface area contributed by atoms with Crippen molar-refractivity contribution in [1.29, 1.82) is 0 Å². The Kier molecular flexibility index (Phi) is 5.56. The van der Waals surface area contributed by atoms with Gasteiger partial charge in [-0.15, -0.1) is 11.3 Å². The summed E-state index contributed by atoms with van der Waals surface area (Å²) in [5, 5.41) is 8.01. The Morgan fingerprint density at radius 1 is 0.579 bits per heavy atom. The summed E-state index contributed by atoms with van der Waals surface area (Å²) in [5.41, 5.74) is 7.99. The van der Waals surface area contributed by atoms with Crippen molar-refractivity contribution in [2.45, 2.75) is 33.1 Å². The maximum absolute atomic E-state index is 2.41. The third-order valence-corrected chi connectivity index (χ3v) is 9.22. The first-order chi connectivity index (χ1) is 18.6.